The van der Waals surface area contributed by atoms with Crippen molar-refractivity contribution in [2.24, 2.45) is 0 Å². The Morgan fingerprint density at radius 1 is 0.920 bits per heavy atom. The molecule has 0 fully saturated rings. The van der Waals surface area contributed by atoms with E-state index < -0.39 is 0 Å². The Hall–Kier alpha value is -1.87. The van der Waals surface area contributed by atoms with Crippen LogP contribution in [0.2, 0.25) is 0 Å². The average molecular weight is 343 g/mol. The first-order valence-corrected chi connectivity index (χ1v) is 9.43. The van der Waals surface area contributed by atoms with Crippen molar-refractivity contribution in [2.75, 3.05) is 6.61 Å². The molecule has 0 spiro atoms. The van der Waals surface area contributed by atoms with Crippen LogP contribution in [0.3, 0.4) is 0 Å². The van der Waals surface area contributed by atoms with Crippen LogP contribution in [0.1, 0.15) is 63.1 Å². The SMILES string of the molecule is CCCCCCOc1ccc(C(CC)NCc2ccc(F)cc2)cc1. The van der Waals surface area contributed by atoms with E-state index >= 15 is 0 Å². The number of hydrogen-bond donors (Lipinski definition) is 1. The first kappa shape index (κ1) is 19.5. The van der Waals surface area contributed by atoms with E-state index in [0.29, 0.717) is 0 Å². The fraction of sp³-hybridized carbons (Fsp3) is 0.455. The smallest absolute Gasteiger partial charge is 0.123 e. The Bertz CT molecular complexity index is 594. The Labute approximate surface area is 151 Å². The highest BCUT2D eigenvalue weighted by molar-refractivity contribution is 5.29. The third-order valence-electron chi connectivity index (χ3n) is 4.42. The molecule has 2 aromatic rings. The van der Waals surface area contributed by atoms with Gasteiger partial charge in [-0.25, -0.2) is 4.39 Å². The molecule has 0 radical (unpaired) electrons. The van der Waals surface area contributed by atoms with Gasteiger partial charge in [0.05, 0.1) is 6.61 Å². The summed E-state index contributed by atoms with van der Waals surface area (Å²) >= 11 is 0. The van der Waals surface area contributed by atoms with Crippen molar-refractivity contribution in [3.63, 3.8) is 0 Å². The van der Waals surface area contributed by atoms with Crippen molar-refractivity contribution in [1.29, 1.82) is 0 Å². The normalized spacial score (nSPS) is 12.1. The van der Waals surface area contributed by atoms with Gasteiger partial charge in [0.15, 0.2) is 0 Å². The molecular weight excluding hydrogens is 313 g/mol. The van der Waals surface area contributed by atoms with Crippen LogP contribution < -0.4 is 10.1 Å². The molecule has 0 saturated heterocycles. The Kier molecular flexibility index (Phi) is 8.47. The molecule has 1 N–H and O–H groups in total. The van der Waals surface area contributed by atoms with Gasteiger partial charge in [-0.05, 0) is 48.2 Å². The summed E-state index contributed by atoms with van der Waals surface area (Å²) in [6, 6.07) is 15.3. The maximum Gasteiger partial charge on any atom is 0.123 e. The highest BCUT2D eigenvalue weighted by Gasteiger charge is 2.09. The molecule has 136 valence electrons. The van der Waals surface area contributed by atoms with E-state index in [1.165, 1.54) is 37.0 Å². The second kappa shape index (κ2) is 10.9. The molecule has 0 aliphatic rings. The van der Waals surface area contributed by atoms with Gasteiger partial charge in [-0.3, -0.25) is 0 Å². The van der Waals surface area contributed by atoms with Crippen LogP contribution in [0, 0.1) is 5.82 Å². The zero-order valence-corrected chi connectivity index (χ0v) is 15.4. The van der Waals surface area contributed by atoms with Crippen molar-refractivity contribution < 1.29 is 9.13 Å². The van der Waals surface area contributed by atoms with Crippen LogP contribution in [0.25, 0.3) is 0 Å². The third kappa shape index (κ3) is 6.87. The second-order valence-electron chi connectivity index (χ2n) is 6.45. The van der Waals surface area contributed by atoms with E-state index in [0.717, 1.165) is 37.3 Å². The van der Waals surface area contributed by atoms with E-state index in [1.807, 2.05) is 12.1 Å². The van der Waals surface area contributed by atoms with Crippen LogP contribution in [0.15, 0.2) is 48.5 Å². The van der Waals surface area contributed by atoms with Gasteiger partial charge in [-0.15, -0.1) is 0 Å². The van der Waals surface area contributed by atoms with Crippen LogP contribution in [-0.4, -0.2) is 6.61 Å². The number of halogens is 1. The lowest BCUT2D eigenvalue weighted by Crippen LogP contribution is -2.20. The van der Waals surface area contributed by atoms with Gasteiger partial charge in [-0.1, -0.05) is 57.4 Å². The van der Waals surface area contributed by atoms with E-state index in [4.69, 9.17) is 4.74 Å². The third-order valence-corrected chi connectivity index (χ3v) is 4.42. The van der Waals surface area contributed by atoms with E-state index in [2.05, 4.69) is 43.4 Å². The lowest BCUT2D eigenvalue weighted by molar-refractivity contribution is 0.305. The Morgan fingerprint density at radius 2 is 1.64 bits per heavy atom. The van der Waals surface area contributed by atoms with Crippen molar-refractivity contribution in [3.8, 4) is 5.75 Å². The summed E-state index contributed by atoms with van der Waals surface area (Å²) in [6.07, 6.45) is 5.88. The largest absolute Gasteiger partial charge is 0.494 e. The van der Waals surface area contributed by atoms with Gasteiger partial charge in [-0.2, -0.15) is 0 Å². The fourth-order valence-electron chi connectivity index (χ4n) is 2.86. The summed E-state index contributed by atoms with van der Waals surface area (Å²) in [6.45, 7) is 5.90. The predicted octanol–water partition coefficient (Wildman–Crippen LogP) is 6.03. The van der Waals surface area contributed by atoms with Gasteiger partial charge in [0, 0.05) is 12.6 Å². The van der Waals surface area contributed by atoms with Gasteiger partial charge in [0.2, 0.25) is 0 Å². The first-order chi connectivity index (χ1) is 12.2. The van der Waals surface area contributed by atoms with E-state index in [1.54, 1.807) is 0 Å². The standard InChI is InChI=1S/C22H30FNO/c1-3-5-6-7-16-25-21-14-10-19(11-15-21)22(4-2)24-17-18-8-12-20(23)13-9-18/h8-15,22,24H,3-7,16-17H2,1-2H3. The molecule has 1 unspecified atom stereocenters. The minimum Gasteiger partial charge on any atom is -0.494 e. The lowest BCUT2D eigenvalue weighted by Gasteiger charge is -2.18. The summed E-state index contributed by atoms with van der Waals surface area (Å²) in [7, 11) is 0. The van der Waals surface area contributed by atoms with E-state index in [-0.39, 0.29) is 11.9 Å². The molecule has 0 aliphatic heterocycles. The van der Waals surface area contributed by atoms with Crippen LogP contribution >= 0.6 is 0 Å². The van der Waals surface area contributed by atoms with E-state index in [9.17, 15) is 4.39 Å². The monoisotopic (exact) mass is 343 g/mol. The fourth-order valence-corrected chi connectivity index (χ4v) is 2.86. The molecule has 0 aromatic heterocycles. The number of hydrogen-bond acceptors (Lipinski definition) is 2. The van der Waals surface area contributed by atoms with Crippen LogP contribution in [0.5, 0.6) is 5.75 Å². The lowest BCUT2D eigenvalue weighted by atomic mass is 10.0. The minimum atomic E-state index is -0.193. The van der Waals surface area contributed by atoms with Crippen molar-refractivity contribution in [2.45, 2.75) is 58.5 Å². The zero-order valence-electron chi connectivity index (χ0n) is 15.4. The number of ether oxygens (including phenoxy) is 1. The molecule has 0 heterocycles. The summed E-state index contributed by atoms with van der Waals surface area (Å²) in [5, 5.41) is 3.54. The summed E-state index contributed by atoms with van der Waals surface area (Å²) < 4.78 is 18.8. The Morgan fingerprint density at radius 3 is 2.28 bits per heavy atom. The molecule has 0 amide bonds. The van der Waals surface area contributed by atoms with Crippen LogP contribution in [-0.2, 0) is 6.54 Å². The van der Waals surface area contributed by atoms with Crippen molar-refractivity contribution in [1.82, 2.24) is 5.32 Å². The molecule has 0 aliphatic carbocycles. The zero-order chi connectivity index (χ0) is 17.9. The second-order valence-corrected chi connectivity index (χ2v) is 6.45. The maximum absolute atomic E-state index is 13.0. The van der Waals surface area contributed by atoms with Crippen LogP contribution in [0.4, 0.5) is 4.39 Å². The van der Waals surface area contributed by atoms with Crippen molar-refractivity contribution >= 4 is 0 Å². The summed E-state index contributed by atoms with van der Waals surface area (Å²) in [5.41, 5.74) is 2.34. The molecule has 1 atom stereocenters. The van der Waals surface area contributed by atoms with Gasteiger partial charge >= 0.3 is 0 Å². The quantitative estimate of drug-likeness (QED) is 0.503. The Balaban J connectivity index is 1.82. The molecular formula is C22H30FNO. The van der Waals surface area contributed by atoms with Gasteiger partial charge in [0.25, 0.3) is 0 Å². The number of nitrogens with one attached hydrogen (secondary N) is 1. The number of rotatable bonds is 11. The molecule has 25 heavy (non-hydrogen) atoms. The highest BCUT2D eigenvalue weighted by Crippen LogP contribution is 2.21. The predicted molar refractivity (Wildman–Crippen MR) is 102 cm³/mol. The minimum absolute atomic E-state index is 0.193. The first-order valence-electron chi connectivity index (χ1n) is 9.43. The maximum atomic E-state index is 13.0. The highest BCUT2D eigenvalue weighted by atomic mass is 19.1. The van der Waals surface area contributed by atoms with Gasteiger partial charge in [0.1, 0.15) is 11.6 Å². The molecule has 2 nitrogen and oxygen atoms in total. The van der Waals surface area contributed by atoms with Crippen molar-refractivity contribution in [3.05, 3.63) is 65.5 Å². The molecule has 2 rings (SSSR count). The topological polar surface area (TPSA) is 21.3 Å². The molecule has 0 saturated carbocycles. The molecule has 3 heteroatoms. The summed E-state index contributed by atoms with van der Waals surface area (Å²) in [4.78, 5) is 0. The summed E-state index contributed by atoms with van der Waals surface area (Å²) in [5.74, 6) is 0.745. The number of benzene rings is 2. The molecule has 0 bridgehead atoms. The average Bonchev–Trinajstić information content (AvgIpc) is 2.64. The number of unbranched alkanes of at least 4 members (excludes halogenated alkanes) is 3. The van der Waals surface area contributed by atoms with Gasteiger partial charge < -0.3 is 10.1 Å². The molecule has 2 aromatic carbocycles.